The lowest BCUT2D eigenvalue weighted by atomic mass is 10.0. The molecule has 102 valence electrons. The Morgan fingerprint density at radius 1 is 1.37 bits per heavy atom. The number of hydrogen-bond acceptors (Lipinski definition) is 3. The Labute approximate surface area is 113 Å². The van der Waals surface area contributed by atoms with Crippen molar-refractivity contribution in [2.75, 3.05) is 13.1 Å². The van der Waals surface area contributed by atoms with Crippen LogP contribution >= 0.6 is 0 Å². The van der Waals surface area contributed by atoms with Crippen molar-refractivity contribution in [3.8, 4) is 0 Å². The van der Waals surface area contributed by atoms with Crippen LogP contribution in [0, 0.1) is 10.1 Å². The van der Waals surface area contributed by atoms with Crippen molar-refractivity contribution in [3.63, 3.8) is 0 Å². The number of nitrogens with zero attached hydrogens (tertiary/aromatic N) is 2. The quantitative estimate of drug-likeness (QED) is 0.577. The molecule has 0 saturated heterocycles. The van der Waals surface area contributed by atoms with Gasteiger partial charge in [0.05, 0.1) is 10.5 Å². The molecule has 4 heteroatoms. The molecule has 0 atom stereocenters. The Morgan fingerprint density at radius 3 is 2.58 bits per heavy atom. The van der Waals surface area contributed by atoms with E-state index in [0.717, 1.165) is 37.1 Å². The fourth-order valence-electron chi connectivity index (χ4n) is 2.28. The summed E-state index contributed by atoms with van der Waals surface area (Å²) in [6.45, 7) is 5.98. The number of nitro benzene ring substituents is 1. The summed E-state index contributed by atoms with van der Waals surface area (Å²) >= 11 is 0. The molecule has 1 aliphatic rings. The first-order valence-corrected chi connectivity index (χ1v) is 6.86. The summed E-state index contributed by atoms with van der Waals surface area (Å²) in [6.07, 6.45) is 6.16. The van der Waals surface area contributed by atoms with E-state index in [-0.39, 0.29) is 10.6 Å². The maximum atomic E-state index is 11.2. The number of rotatable bonds is 6. The third kappa shape index (κ3) is 3.13. The van der Waals surface area contributed by atoms with Crippen LogP contribution < -0.4 is 0 Å². The van der Waals surface area contributed by atoms with E-state index >= 15 is 0 Å². The summed E-state index contributed by atoms with van der Waals surface area (Å²) in [4.78, 5) is 13.0. The molecule has 2 rings (SSSR count). The smallest absolute Gasteiger partial charge is 0.276 e. The molecule has 4 nitrogen and oxygen atoms in total. The zero-order valence-corrected chi connectivity index (χ0v) is 11.5. The standard InChI is InChI=1S/C15H20N2O2/c1-3-16(4-2)11-10-14-13(12-8-9-12)6-5-7-15(14)17(18)19/h5-7,10-12H,3-4,8-9H2,1-2H3. The third-order valence-electron chi connectivity index (χ3n) is 3.60. The second-order valence-corrected chi connectivity index (χ2v) is 4.85. The second-order valence-electron chi connectivity index (χ2n) is 4.85. The van der Waals surface area contributed by atoms with Gasteiger partial charge in [-0.25, -0.2) is 0 Å². The average molecular weight is 260 g/mol. The molecule has 0 heterocycles. The van der Waals surface area contributed by atoms with Crippen LogP contribution in [0.2, 0.25) is 0 Å². The molecule has 1 fully saturated rings. The van der Waals surface area contributed by atoms with E-state index in [9.17, 15) is 10.1 Å². The van der Waals surface area contributed by atoms with Crippen LogP contribution in [0.3, 0.4) is 0 Å². The van der Waals surface area contributed by atoms with Gasteiger partial charge in [0.25, 0.3) is 5.69 Å². The molecule has 0 bridgehead atoms. The topological polar surface area (TPSA) is 46.4 Å². The highest BCUT2D eigenvalue weighted by atomic mass is 16.6. The van der Waals surface area contributed by atoms with Gasteiger partial charge in [0.15, 0.2) is 0 Å². The van der Waals surface area contributed by atoms with Crippen molar-refractivity contribution in [1.82, 2.24) is 4.90 Å². The minimum atomic E-state index is -0.284. The van der Waals surface area contributed by atoms with E-state index in [1.807, 2.05) is 18.3 Å². The zero-order chi connectivity index (χ0) is 13.8. The van der Waals surface area contributed by atoms with E-state index < -0.39 is 0 Å². The molecule has 0 spiro atoms. The largest absolute Gasteiger partial charge is 0.378 e. The molecule has 0 unspecified atom stereocenters. The summed E-state index contributed by atoms with van der Waals surface area (Å²) in [5, 5.41) is 11.2. The highest BCUT2D eigenvalue weighted by molar-refractivity contribution is 5.65. The van der Waals surface area contributed by atoms with Crippen molar-refractivity contribution in [2.45, 2.75) is 32.6 Å². The van der Waals surface area contributed by atoms with Gasteiger partial charge in [0.1, 0.15) is 0 Å². The van der Waals surface area contributed by atoms with E-state index in [1.165, 1.54) is 0 Å². The van der Waals surface area contributed by atoms with Gasteiger partial charge in [-0.15, -0.1) is 0 Å². The Kier molecular flexibility index (Phi) is 4.20. The predicted molar refractivity (Wildman–Crippen MR) is 77.0 cm³/mol. The highest BCUT2D eigenvalue weighted by Gasteiger charge is 2.28. The van der Waals surface area contributed by atoms with Crippen molar-refractivity contribution < 1.29 is 4.92 Å². The van der Waals surface area contributed by atoms with Crippen molar-refractivity contribution >= 4 is 11.8 Å². The summed E-state index contributed by atoms with van der Waals surface area (Å²) in [7, 11) is 0. The van der Waals surface area contributed by atoms with Crippen LogP contribution in [-0.4, -0.2) is 22.9 Å². The fourth-order valence-corrected chi connectivity index (χ4v) is 2.28. The number of nitro groups is 1. The minimum absolute atomic E-state index is 0.216. The Balaban J connectivity index is 2.37. The van der Waals surface area contributed by atoms with E-state index in [2.05, 4.69) is 18.7 Å². The lowest BCUT2D eigenvalue weighted by Crippen LogP contribution is -2.15. The maximum Gasteiger partial charge on any atom is 0.276 e. The van der Waals surface area contributed by atoms with Crippen molar-refractivity contribution in [2.24, 2.45) is 0 Å². The van der Waals surface area contributed by atoms with Gasteiger partial charge < -0.3 is 4.90 Å². The molecule has 0 radical (unpaired) electrons. The van der Waals surface area contributed by atoms with Crippen LogP contribution in [0.4, 0.5) is 5.69 Å². The summed E-state index contributed by atoms with van der Waals surface area (Å²) < 4.78 is 0. The molecular formula is C15H20N2O2. The molecular weight excluding hydrogens is 240 g/mol. The van der Waals surface area contributed by atoms with Gasteiger partial charge >= 0.3 is 0 Å². The lowest BCUT2D eigenvalue weighted by Gasteiger charge is -2.15. The summed E-state index contributed by atoms with van der Waals surface area (Å²) in [6, 6.07) is 5.40. The van der Waals surface area contributed by atoms with Gasteiger partial charge in [0.2, 0.25) is 0 Å². The molecule has 1 saturated carbocycles. The van der Waals surface area contributed by atoms with Crippen molar-refractivity contribution in [1.29, 1.82) is 0 Å². The zero-order valence-electron chi connectivity index (χ0n) is 11.5. The fraction of sp³-hybridized carbons (Fsp3) is 0.467. The van der Waals surface area contributed by atoms with Gasteiger partial charge in [-0.2, -0.15) is 0 Å². The molecule has 1 aromatic rings. The molecule has 1 aromatic carbocycles. The van der Waals surface area contributed by atoms with E-state index in [4.69, 9.17) is 0 Å². The molecule has 0 N–H and O–H groups in total. The average Bonchev–Trinajstić information content (AvgIpc) is 3.24. The Morgan fingerprint density at radius 2 is 2.05 bits per heavy atom. The lowest BCUT2D eigenvalue weighted by molar-refractivity contribution is -0.385. The Hall–Kier alpha value is -1.84. The third-order valence-corrected chi connectivity index (χ3v) is 3.60. The van der Waals surface area contributed by atoms with Crippen LogP contribution in [0.5, 0.6) is 0 Å². The van der Waals surface area contributed by atoms with Gasteiger partial charge in [-0.1, -0.05) is 12.1 Å². The molecule has 19 heavy (non-hydrogen) atoms. The van der Waals surface area contributed by atoms with Gasteiger partial charge in [-0.3, -0.25) is 10.1 Å². The van der Waals surface area contributed by atoms with Crippen LogP contribution in [0.1, 0.15) is 43.7 Å². The van der Waals surface area contributed by atoms with E-state index in [0.29, 0.717) is 5.92 Å². The minimum Gasteiger partial charge on any atom is -0.378 e. The van der Waals surface area contributed by atoms with Crippen molar-refractivity contribution in [3.05, 3.63) is 45.6 Å². The monoisotopic (exact) mass is 260 g/mol. The van der Waals surface area contributed by atoms with Gasteiger partial charge in [0, 0.05) is 19.2 Å². The Bertz CT molecular complexity index is 489. The van der Waals surface area contributed by atoms with Crippen LogP contribution in [-0.2, 0) is 0 Å². The molecule has 0 amide bonds. The molecule has 1 aliphatic carbocycles. The van der Waals surface area contributed by atoms with Crippen LogP contribution in [0.25, 0.3) is 6.08 Å². The number of benzene rings is 1. The molecule has 0 aliphatic heterocycles. The highest BCUT2D eigenvalue weighted by Crippen LogP contribution is 2.43. The first kappa shape index (κ1) is 13.6. The van der Waals surface area contributed by atoms with Gasteiger partial charge in [-0.05, 0) is 50.4 Å². The first-order chi connectivity index (χ1) is 9.17. The predicted octanol–water partition coefficient (Wildman–Crippen LogP) is 3.78. The summed E-state index contributed by atoms with van der Waals surface area (Å²) in [5.74, 6) is 0.510. The second kappa shape index (κ2) is 5.87. The summed E-state index contributed by atoms with van der Waals surface area (Å²) in [5.41, 5.74) is 2.12. The normalized spacial score (nSPS) is 14.8. The first-order valence-electron chi connectivity index (χ1n) is 6.86. The molecule has 0 aromatic heterocycles. The SMILES string of the molecule is CCN(C=Cc1c(C2CC2)cccc1[N+](=O)[O-])CC. The number of hydrogen-bond donors (Lipinski definition) is 0. The maximum absolute atomic E-state index is 11.2. The van der Waals surface area contributed by atoms with E-state index in [1.54, 1.807) is 12.1 Å². The van der Waals surface area contributed by atoms with Crippen LogP contribution in [0.15, 0.2) is 24.4 Å².